The number of rotatable bonds is 4. The molecule has 0 saturated carbocycles. The van der Waals surface area contributed by atoms with E-state index in [9.17, 15) is 0 Å². The van der Waals surface area contributed by atoms with Gasteiger partial charge in [0.25, 0.3) is 0 Å². The van der Waals surface area contributed by atoms with Gasteiger partial charge in [0.2, 0.25) is 0 Å². The third-order valence-electron chi connectivity index (χ3n) is 3.32. The van der Waals surface area contributed by atoms with Crippen molar-refractivity contribution in [3.8, 4) is 11.3 Å². The smallest absolute Gasteiger partial charge is 0.158 e. The van der Waals surface area contributed by atoms with Crippen molar-refractivity contribution in [2.75, 3.05) is 18.4 Å². The van der Waals surface area contributed by atoms with Crippen LogP contribution in [0.15, 0.2) is 36.4 Å². The molecule has 2 aromatic heterocycles. The highest BCUT2D eigenvalue weighted by Crippen LogP contribution is 2.22. The molecule has 3 aromatic rings. The van der Waals surface area contributed by atoms with Crippen LogP contribution in [0.1, 0.15) is 11.3 Å². The molecule has 0 spiro atoms. The average molecular weight is 281 g/mol. The third-order valence-corrected chi connectivity index (χ3v) is 3.32. The number of hydrogen-bond acceptors (Lipinski definition) is 4. The number of hydrogen-bond donors (Lipinski definition) is 2. The molecule has 0 aliphatic heterocycles. The number of nitrogens with zero attached hydrogens (tertiary/aromatic N) is 3. The van der Waals surface area contributed by atoms with E-state index in [1.54, 1.807) is 0 Å². The number of nitrogens with one attached hydrogen (secondary N) is 1. The third kappa shape index (κ3) is 2.73. The highest BCUT2D eigenvalue weighted by Gasteiger charge is 2.09. The Kier molecular flexibility index (Phi) is 3.58. The van der Waals surface area contributed by atoms with Crippen LogP contribution in [0.2, 0.25) is 0 Å². The molecule has 1 aromatic carbocycles. The maximum atomic E-state index is 5.56. The second-order valence-corrected chi connectivity index (χ2v) is 5.17. The van der Waals surface area contributed by atoms with E-state index in [1.807, 2.05) is 29.6 Å². The number of aryl methyl sites for hydroxylation is 2. The zero-order valence-corrected chi connectivity index (χ0v) is 12.3. The Morgan fingerprint density at radius 1 is 1.19 bits per heavy atom. The van der Waals surface area contributed by atoms with Gasteiger partial charge in [-0.15, -0.1) is 0 Å². The summed E-state index contributed by atoms with van der Waals surface area (Å²) in [6.45, 7) is 5.34. The van der Waals surface area contributed by atoms with Gasteiger partial charge in [-0.3, -0.25) is 0 Å². The molecule has 3 N–H and O–H groups in total. The van der Waals surface area contributed by atoms with E-state index in [1.165, 1.54) is 5.56 Å². The van der Waals surface area contributed by atoms with Crippen LogP contribution in [0, 0.1) is 13.8 Å². The second kappa shape index (κ2) is 5.54. The average Bonchev–Trinajstić information content (AvgIpc) is 2.88. The van der Waals surface area contributed by atoms with E-state index in [0.29, 0.717) is 13.1 Å². The Balaban J connectivity index is 2.10. The predicted octanol–water partition coefficient (Wildman–Crippen LogP) is 2.38. The molecular formula is C16H19N5. The van der Waals surface area contributed by atoms with Gasteiger partial charge in [0.05, 0.1) is 5.69 Å². The van der Waals surface area contributed by atoms with E-state index in [0.717, 1.165) is 28.4 Å². The van der Waals surface area contributed by atoms with E-state index in [2.05, 4.69) is 40.5 Å². The molecule has 0 fully saturated rings. The summed E-state index contributed by atoms with van der Waals surface area (Å²) < 4.78 is 1.83. The largest absolute Gasteiger partial charge is 0.369 e. The van der Waals surface area contributed by atoms with Gasteiger partial charge >= 0.3 is 0 Å². The van der Waals surface area contributed by atoms with Crippen LogP contribution in [0.5, 0.6) is 0 Å². The normalized spacial score (nSPS) is 11.0. The highest BCUT2D eigenvalue weighted by molar-refractivity contribution is 5.66. The lowest BCUT2D eigenvalue weighted by Gasteiger charge is -2.07. The Bertz CT molecular complexity index is 775. The van der Waals surface area contributed by atoms with Crippen molar-refractivity contribution in [2.24, 2.45) is 5.73 Å². The molecule has 0 radical (unpaired) electrons. The Morgan fingerprint density at radius 2 is 2.05 bits per heavy atom. The maximum absolute atomic E-state index is 5.56. The predicted molar refractivity (Wildman–Crippen MR) is 85.4 cm³/mol. The van der Waals surface area contributed by atoms with Crippen LogP contribution in [0.4, 0.5) is 5.82 Å². The molecule has 0 aliphatic carbocycles. The van der Waals surface area contributed by atoms with Crippen LogP contribution >= 0.6 is 0 Å². The van der Waals surface area contributed by atoms with E-state index in [4.69, 9.17) is 5.73 Å². The summed E-state index contributed by atoms with van der Waals surface area (Å²) in [6, 6.07) is 12.3. The Morgan fingerprint density at radius 3 is 2.81 bits per heavy atom. The monoisotopic (exact) mass is 281 g/mol. The van der Waals surface area contributed by atoms with Gasteiger partial charge < -0.3 is 11.1 Å². The van der Waals surface area contributed by atoms with Crippen LogP contribution in [0.25, 0.3) is 16.9 Å². The van der Waals surface area contributed by atoms with E-state index in [-0.39, 0.29) is 0 Å². The van der Waals surface area contributed by atoms with Crippen molar-refractivity contribution < 1.29 is 0 Å². The molecule has 5 heteroatoms. The number of nitrogens with two attached hydrogens (primary N) is 1. The van der Waals surface area contributed by atoms with Crippen molar-refractivity contribution in [1.29, 1.82) is 0 Å². The minimum absolute atomic E-state index is 0.578. The van der Waals surface area contributed by atoms with Gasteiger partial charge in [-0.1, -0.05) is 23.8 Å². The minimum atomic E-state index is 0.578. The van der Waals surface area contributed by atoms with Crippen molar-refractivity contribution in [2.45, 2.75) is 13.8 Å². The van der Waals surface area contributed by atoms with Gasteiger partial charge in [0.1, 0.15) is 5.82 Å². The molecule has 0 atom stereocenters. The zero-order chi connectivity index (χ0) is 14.8. The molecule has 0 amide bonds. The van der Waals surface area contributed by atoms with Gasteiger partial charge in [0.15, 0.2) is 5.65 Å². The fraction of sp³-hybridized carbons (Fsp3) is 0.250. The maximum Gasteiger partial charge on any atom is 0.158 e. The number of anilines is 1. The quantitative estimate of drug-likeness (QED) is 0.770. The summed E-state index contributed by atoms with van der Waals surface area (Å²) in [7, 11) is 0. The first-order valence-electron chi connectivity index (χ1n) is 7.06. The Hall–Kier alpha value is -2.40. The van der Waals surface area contributed by atoms with Crippen molar-refractivity contribution in [1.82, 2.24) is 14.6 Å². The summed E-state index contributed by atoms with van der Waals surface area (Å²) in [4.78, 5) is 4.54. The van der Waals surface area contributed by atoms with Gasteiger partial charge in [-0.25, -0.2) is 4.98 Å². The first-order chi connectivity index (χ1) is 10.2. The molecule has 21 heavy (non-hydrogen) atoms. The topological polar surface area (TPSA) is 68.2 Å². The van der Waals surface area contributed by atoms with Gasteiger partial charge in [-0.05, 0) is 19.9 Å². The molecule has 0 unspecified atom stereocenters. The second-order valence-electron chi connectivity index (χ2n) is 5.17. The summed E-state index contributed by atoms with van der Waals surface area (Å²) in [5, 5.41) is 7.96. The fourth-order valence-electron chi connectivity index (χ4n) is 2.37. The molecular weight excluding hydrogens is 262 g/mol. The summed E-state index contributed by atoms with van der Waals surface area (Å²) >= 11 is 0. The van der Waals surface area contributed by atoms with Crippen LogP contribution in [-0.4, -0.2) is 27.7 Å². The van der Waals surface area contributed by atoms with E-state index < -0.39 is 0 Å². The van der Waals surface area contributed by atoms with Crippen molar-refractivity contribution >= 4 is 11.5 Å². The molecule has 3 rings (SSSR count). The number of fused-ring (bicyclic) bond motifs is 1. The number of benzene rings is 1. The SMILES string of the molecule is Cc1cccc(-c2cc3nc(C)cc(NCCN)n3n2)c1. The van der Waals surface area contributed by atoms with Gasteiger partial charge in [0, 0.05) is 36.5 Å². The molecule has 108 valence electrons. The summed E-state index contributed by atoms with van der Waals surface area (Å²) in [6.07, 6.45) is 0. The lowest BCUT2D eigenvalue weighted by Crippen LogP contribution is -2.15. The molecule has 0 saturated heterocycles. The van der Waals surface area contributed by atoms with Crippen LogP contribution in [0.3, 0.4) is 0 Å². The minimum Gasteiger partial charge on any atom is -0.369 e. The molecule has 5 nitrogen and oxygen atoms in total. The zero-order valence-electron chi connectivity index (χ0n) is 12.3. The molecule has 0 bridgehead atoms. The van der Waals surface area contributed by atoms with Crippen molar-refractivity contribution in [3.05, 3.63) is 47.7 Å². The molecule has 0 aliphatic rings. The van der Waals surface area contributed by atoms with Gasteiger partial charge in [-0.2, -0.15) is 9.61 Å². The lowest BCUT2D eigenvalue weighted by atomic mass is 10.1. The summed E-state index contributed by atoms with van der Waals surface area (Å²) in [5.74, 6) is 0.918. The van der Waals surface area contributed by atoms with Crippen LogP contribution < -0.4 is 11.1 Å². The van der Waals surface area contributed by atoms with E-state index >= 15 is 0 Å². The first-order valence-corrected chi connectivity index (χ1v) is 7.06. The fourth-order valence-corrected chi connectivity index (χ4v) is 2.37. The standard InChI is InChI=1S/C16H19N5/c1-11-4-3-5-13(8-11)14-10-16-19-12(2)9-15(18-7-6-17)21(16)20-14/h3-5,8-10,18H,6-7,17H2,1-2H3. The highest BCUT2D eigenvalue weighted by atomic mass is 15.3. The molecule has 2 heterocycles. The lowest BCUT2D eigenvalue weighted by molar-refractivity contribution is 0.911. The first kappa shape index (κ1) is 13.6. The van der Waals surface area contributed by atoms with Crippen molar-refractivity contribution in [3.63, 3.8) is 0 Å². The van der Waals surface area contributed by atoms with Crippen LogP contribution in [-0.2, 0) is 0 Å². The number of aromatic nitrogens is 3. The Labute approximate surface area is 123 Å². The summed E-state index contributed by atoms with van der Waals surface area (Å²) in [5.41, 5.74) is 10.6.